The zero-order chi connectivity index (χ0) is 17.9. The van der Waals surface area contributed by atoms with Crippen molar-refractivity contribution < 1.29 is 0 Å². The first-order valence-electron chi connectivity index (χ1n) is 7.95. The SMILES string of the molecule is CSc1ccc(/C=N\n2cnc3c(cnn3-c3ccccc3)c2=O)cc1. The fourth-order valence-corrected chi connectivity index (χ4v) is 2.97. The van der Waals surface area contributed by atoms with E-state index in [4.69, 9.17) is 0 Å². The van der Waals surface area contributed by atoms with E-state index in [0.717, 1.165) is 11.3 Å². The maximum atomic E-state index is 12.6. The number of para-hydroxylation sites is 1. The van der Waals surface area contributed by atoms with Crippen molar-refractivity contribution >= 4 is 29.0 Å². The molecule has 2 aromatic carbocycles. The summed E-state index contributed by atoms with van der Waals surface area (Å²) in [6.07, 6.45) is 6.61. The molecule has 0 saturated carbocycles. The minimum Gasteiger partial charge on any atom is -0.266 e. The van der Waals surface area contributed by atoms with Gasteiger partial charge in [-0.3, -0.25) is 4.79 Å². The Labute approximate surface area is 153 Å². The molecule has 2 heterocycles. The zero-order valence-electron chi connectivity index (χ0n) is 14.0. The largest absolute Gasteiger partial charge is 0.285 e. The van der Waals surface area contributed by atoms with Gasteiger partial charge < -0.3 is 0 Å². The third kappa shape index (κ3) is 3.04. The van der Waals surface area contributed by atoms with Gasteiger partial charge in [-0.15, -0.1) is 11.8 Å². The highest BCUT2D eigenvalue weighted by molar-refractivity contribution is 7.98. The van der Waals surface area contributed by atoms with Crippen molar-refractivity contribution in [2.45, 2.75) is 4.90 Å². The van der Waals surface area contributed by atoms with E-state index < -0.39 is 0 Å². The Morgan fingerprint density at radius 3 is 2.58 bits per heavy atom. The molecule has 6 nitrogen and oxygen atoms in total. The fraction of sp³-hybridized carbons (Fsp3) is 0.0526. The van der Waals surface area contributed by atoms with E-state index in [2.05, 4.69) is 15.2 Å². The molecule has 0 bridgehead atoms. The topological polar surface area (TPSA) is 65.1 Å². The Morgan fingerprint density at radius 2 is 1.85 bits per heavy atom. The second kappa shape index (κ2) is 6.97. The smallest absolute Gasteiger partial charge is 0.266 e. The van der Waals surface area contributed by atoms with Crippen LogP contribution >= 0.6 is 11.8 Å². The molecule has 4 rings (SSSR count). The molecular formula is C19H15N5OS. The molecule has 2 aromatic heterocycles. The van der Waals surface area contributed by atoms with Crippen LogP contribution in [-0.4, -0.2) is 31.9 Å². The van der Waals surface area contributed by atoms with E-state index in [-0.39, 0.29) is 5.56 Å². The summed E-state index contributed by atoms with van der Waals surface area (Å²) in [5.74, 6) is 0. The summed E-state index contributed by atoms with van der Waals surface area (Å²) in [4.78, 5) is 18.2. The van der Waals surface area contributed by atoms with Crippen LogP contribution in [0.1, 0.15) is 5.56 Å². The molecule has 128 valence electrons. The lowest BCUT2D eigenvalue weighted by molar-refractivity contribution is 0.809. The normalized spacial score (nSPS) is 11.4. The van der Waals surface area contributed by atoms with Crippen molar-refractivity contribution in [3.05, 3.63) is 83.0 Å². The molecule has 0 aliphatic heterocycles. The van der Waals surface area contributed by atoms with Crippen LogP contribution in [0.2, 0.25) is 0 Å². The van der Waals surface area contributed by atoms with Crippen LogP contribution in [0.3, 0.4) is 0 Å². The average Bonchev–Trinajstić information content (AvgIpc) is 3.13. The zero-order valence-corrected chi connectivity index (χ0v) is 14.8. The molecule has 26 heavy (non-hydrogen) atoms. The highest BCUT2D eigenvalue weighted by Gasteiger charge is 2.10. The highest BCUT2D eigenvalue weighted by Crippen LogP contribution is 2.14. The Kier molecular flexibility index (Phi) is 4.37. The van der Waals surface area contributed by atoms with Gasteiger partial charge in [-0.05, 0) is 36.1 Å². The van der Waals surface area contributed by atoms with Crippen molar-refractivity contribution in [1.82, 2.24) is 19.4 Å². The third-order valence-corrected chi connectivity index (χ3v) is 4.66. The predicted molar refractivity (Wildman–Crippen MR) is 104 cm³/mol. The van der Waals surface area contributed by atoms with Gasteiger partial charge in [0, 0.05) is 4.90 Å². The van der Waals surface area contributed by atoms with Crippen LogP contribution in [0.5, 0.6) is 0 Å². The van der Waals surface area contributed by atoms with Crippen molar-refractivity contribution in [2.24, 2.45) is 5.10 Å². The maximum absolute atomic E-state index is 12.6. The van der Waals surface area contributed by atoms with Gasteiger partial charge in [-0.2, -0.15) is 14.9 Å². The van der Waals surface area contributed by atoms with Crippen LogP contribution in [0, 0.1) is 0 Å². The molecule has 0 aliphatic carbocycles. The minimum atomic E-state index is -0.255. The summed E-state index contributed by atoms with van der Waals surface area (Å²) >= 11 is 1.68. The van der Waals surface area contributed by atoms with Crippen LogP contribution in [0.25, 0.3) is 16.7 Å². The molecular weight excluding hydrogens is 346 g/mol. The quantitative estimate of drug-likeness (QED) is 0.414. The highest BCUT2D eigenvalue weighted by atomic mass is 32.2. The monoisotopic (exact) mass is 361 g/mol. The molecule has 0 saturated heterocycles. The van der Waals surface area contributed by atoms with Gasteiger partial charge in [0.1, 0.15) is 11.7 Å². The van der Waals surface area contributed by atoms with E-state index in [0.29, 0.717) is 11.0 Å². The number of nitrogens with zero attached hydrogens (tertiary/aromatic N) is 5. The van der Waals surface area contributed by atoms with Crippen molar-refractivity contribution in [2.75, 3.05) is 6.26 Å². The van der Waals surface area contributed by atoms with Gasteiger partial charge in [0.25, 0.3) is 5.56 Å². The van der Waals surface area contributed by atoms with Crippen molar-refractivity contribution in [3.63, 3.8) is 0 Å². The van der Waals surface area contributed by atoms with E-state index in [9.17, 15) is 4.79 Å². The van der Waals surface area contributed by atoms with Gasteiger partial charge in [0.15, 0.2) is 5.65 Å². The molecule has 0 fully saturated rings. The number of aromatic nitrogens is 4. The first kappa shape index (κ1) is 16.3. The number of thioether (sulfide) groups is 1. The van der Waals surface area contributed by atoms with E-state index in [1.807, 2.05) is 60.9 Å². The van der Waals surface area contributed by atoms with Crippen LogP contribution < -0.4 is 5.56 Å². The predicted octanol–water partition coefficient (Wildman–Crippen LogP) is 3.19. The van der Waals surface area contributed by atoms with Crippen molar-refractivity contribution in [3.8, 4) is 5.69 Å². The number of benzene rings is 2. The van der Waals surface area contributed by atoms with E-state index in [1.165, 1.54) is 22.1 Å². The second-order valence-electron chi connectivity index (χ2n) is 5.54. The Morgan fingerprint density at radius 1 is 1.08 bits per heavy atom. The summed E-state index contributed by atoms with van der Waals surface area (Å²) in [6.45, 7) is 0. The van der Waals surface area contributed by atoms with Gasteiger partial charge in [-0.1, -0.05) is 30.3 Å². The van der Waals surface area contributed by atoms with E-state index in [1.54, 1.807) is 22.7 Å². The van der Waals surface area contributed by atoms with Crippen LogP contribution in [0.15, 0.2) is 81.9 Å². The first-order valence-corrected chi connectivity index (χ1v) is 9.18. The fourth-order valence-electron chi connectivity index (χ4n) is 2.56. The molecule has 0 N–H and O–H groups in total. The number of hydrogen-bond acceptors (Lipinski definition) is 5. The Balaban J connectivity index is 1.70. The standard InChI is InChI=1S/C19H15N5OS/c1-26-16-9-7-14(8-10-16)11-21-23-13-20-18-17(19(23)25)12-22-24(18)15-5-3-2-4-6-15/h2-13H,1H3/b21-11-. The number of fused-ring (bicyclic) bond motifs is 1. The van der Waals surface area contributed by atoms with Crippen molar-refractivity contribution in [1.29, 1.82) is 0 Å². The average molecular weight is 361 g/mol. The lowest BCUT2D eigenvalue weighted by atomic mass is 10.2. The second-order valence-corrected chi connectivity index (χ2v) is 6.42. The minimum absolute atomic E-state index is 0.255. The molecule has 0 aliphatic rings. The number of rotatable bonds is 4. The number of hydrogen-bond donors (Lipinski definition) is 0. The Bertz CT molecular complexity index is 1130. The molecule has 0 unspecified atom stereocenters. The van der Waals surface area contributed by atoms with Gasteiger partial charge in [0.05, 0.1) is 18.1 Å². The summed E-state index contributed by atoms with van der Waals surface area (Å²) in [6, 6.07) is 17.5. The van der Waals surface area contributed by atoms with Gasteiger partial charge in [0.2, 0.25) is 0 Å². The summed E-state index contributed by atoms with van der Waals surface area (Å²) in [7, 11) is 0. The first-order chi connectivity index (χ1) is 12.8. The third-order valence-electron chi connectivity index (χ3n) is 3.92. The molecule has 7 heteroatoms. The lowest BCUT2D eigenvalue weighted by Gasteiger charge is -2.02. The molecule has 0 spiro atoms. The molecule has 0 amide bonds. The summed E-state index contributed by atoms with van der Waals surface area (Å²) in [5, 5.41) is 8.95. The summed E-state index contributed by atoms with van der Waals surface area (Å²) in [5.41, 5.74) is 2.02. The van der Waals surface area contributed by atoms with E-state index >= 15 is 0 Å². The molecule has 0 radical (unpaired) electrons. The molecule has 4 aromatic rings. The summed E-state index contributed by atoms with van der Waals surface area (Å²) < 4.78 is 2.87. The lowest BCUT2D eigenvalue weighted by Crippen LogP contribution is -2.17. The van der Waals surface area contributed by atoms with Crippen LogP contribution in [0.4, 0.5) is 0 Å². The molecule has 0 atom stereocenters. The van der Waals surface area contributed by atoms with Gasteiger partial charge >= 0.3 is 0 Å². The van der Waals surface area contributed by atoms with Crippen LogP contribution in [-0.2, 0) is 0 Å². The maximum Gasteiger partial charge on any atom is 0.285 e. The Hall–Kier alpha value is -3.19. The van der Waals surface area contributed by atoms with Gasteiger partial charge in [-0.25, -0.2) is 9.67 Å².